The van der Waals surface area contributed by atoms with Gasteiger partial charge in [0.25, 0.3) is 0 Å². The van der Waals surface area contributed by atoms with Crippen LogP contribution in [0, 0.1) is 5.92 Å². The standard InChI is InChI=1S/C16H25NO2/c1-17(12-14-6-5-11-19-13-14)10-9-16(18)15-7-3-2-4-8-15/h2-4,7-8,14,16,18H,5-6,9-13H2,1H3. The van der Waals surface area contributed by atoms with Crippen LogP contribution in [-0.4, -0.2) is 43.4 Å². The molecule has 106 valence electrons. The van der Waals surface area contributed by atoms with Gasteiger partial charge >= 0.3 is 0 Å². The summed E-state index contributed by atoms with van der Waals surface area (Å²) in [7, 11) is 2.13. The lowest BCUT2D eigenvalue weighted by atomic mass is 10.0. The van der Waals surface area contributed by atoms with Crippen LogP contribution < -0.4 is 0 Å². The molecule has 1 N–H and O–H groups in total. The largest absolute Gasteiger partial charge is 0.388 e. The predicted molar refractivity (Wildman–Crippen MR) is 77.1 cm³/mol. The minimum Gasteiger partial charge on any atom is -0.388 e. The molecule has 2 atom stereocenters. The number of nitrogens with zero attached hydrogens (tertiary/aromatic N) is 1. The third kappa shape index (κ3) is 4.94. The van der Waals surface area contributed by atoms with Crippen LogP contribution in [0.3, 0.4) is 0 Å². The zero-order valence-corrected chi connectivity index (χ0v) is 11.8. The summed E-state index contributed by atoms with van der Waals surface area (Å²) in [5.41, 5.74) is 1.01. The van der Waals surface area contributed by atoms with E-state index < -0.39 is 0 Å². The minimum atomic E-state index is -0.355. The highest BCUT2D eigenvalue weighted by Crippen LogP contribution is 2.18. The summed E-state index contributed by atoms with van der Waals surface area (Å²) in [5, 5.41) is 10.1. The van der Waals surface area contributed by atoms with Gasteiger partial charge in [-0.15, -0.1) is 0 Å². The van der Waals surface area contributed by atoms with Gasteiger partial charge in [-0.2, -0.15) is 0 Å². The van der Waals surface area contributed by atoms with E-state index in [4.69, 9.17) is 4.74 Å². The Morgan fingerprint density at radius 1 is 1.37 bits per heavy atom. The van der Waals surface area contributed by atoms with Gasteiger partial charge in [-0.05, 0) is 37.8 Å². The van der Waals surface area contributed by atoms with Crippen LogP contribution in [0.4, 0.5) is 0 Å². The highest BCUT2D eigenvalue weighted by molar-refractivity contribution is 5.17. The first-order chi connectivity index (χ1) is 9.25. The quantitative estimate of drug-likeness (QED) is 0.856. The maximum absolute atomic E-state index is 10.1. The highest BCUT2D eigenvalue weighted by Gasteiger charge is 2.16. The van der Waals surface area contributed by atoms with Crippen LogP contribution >= 0.6 is 0 Å². The van der Waals surface area contributed by atoms with Crippen molar-refractivity contribution in [2.75, 3.05) is 33.4 Å². The summed E-state index contributed by atoms with van der Waals surface area (Å²) in [6.07, 6.45) is 2.89. The van der Waals surface area contributed by atoms with Crippen molar-refractivity contribution in [3.63, 3.8) is 0 Å². The zero-order chi connectivity index (χ0) is 13.5. The van der Waals surface area contributed by atoms with E-state index in [0.29, 0.717) is 5.92 Å². The van der Waals surface area contributed by atoms with Crippen LogP contribution in [-0.2, 0) is 4.74 Å². The molecule has 2 rings (SSSR count). The number of hydrogen-bond donors (Lipinski definition) is 1. The summed E-state index contributed by atoms with van der Waals surface area (Å²) >= 11 is 0. The molecule has 1 saturated heterocycles. The Balaban J connectivity index is 1.69. The number of aliphatic hydroxyl groups excluding tert-OH is 1. The van der Waals surface area contributed by atoms with Gasteiger partial charge in [-0.25, -0.2) is 0 Å². The molecule has 0 spiro atoms. The Morgan fingerprint density at radius 2 is 2.16 bits per heavy atom. The molecule has 0 saturated carbocycles. The van der Waals surface area contributed by atoms with Crippen LogP contribution in [0.1, 0.15) is 30.9 Å². The van der Waals surface area contributed by atoms with Gasteiger partial charge in [0.2, 0.25) is 0 Å². The molecule has 0 aromatic heterocycles. The van der Waals surface area contributed by atoms with Crippen molar-refractivity contribution in [2.45, 2.75) is 25.4 Å². The van der Waals surface area contributed by atoms with E-state index in [1.807, 2.05) is 30.3 Å². The predicted octanol–water partition coefficient (Wildman–Crippen LogP) is 2.47. The Labute approximate surface area is 116 Å². The Kier molecular flexibility index (Phi) is 5.83. The Hall–Kier alpha value is -0.900. The van der Waals surface area contributed by atoms with Crippen molar-refractivity contribution in [1.82, 2.24) is 4.90 Å². The summed E-state index contributed by atoms with van der Waals surface area (Å²) in [4.78, 5) is 2.31. The van der Waals surface area contributed by atoms with Crippen molar-refractivity contribution >= 4 is 0 Å². The second-order valence-corrected chi connectivity index (χ2v) is 5.56. The lowest BCUT2D eigenvalue weighted by molar-refractivity contribution is 0.0399. The monoisotopic (exact) mass is 263 g/mol. The van der Waals surface area contributed by atoms with Gasteiger partial charge in [0.15, 0.2) is 0 Å². The van der Waals surface area contributed by atoms with Crippen LogP contribution in [0.25, 0.3) is 0 Å². The molecule has 0 amide bonds. The normalized spacial score (nSPS) is 21.5. The fraction of sp³-hybridized carbons (Fsp3) is 0.625. The number of ether oxygens (including phenoxy) is 1. The van der Waals surface area contributed by atoms with Crippen molar-refractivity contribution in [3.8, 4) is 0 Å². The van der Waals surface area contributed by atoms with E-state index in [0.717, 1.165) is 38.3 Å². The maximum atomic E-state index is 10.1. The second kappa shape index (κ2) is 7.63. The smallest absolute Gasteiger partial charge is 0.0802 e. The molecule has 0 radical (unpaired) electrons. The average Bonchev–Trinajstić information content (AvgIpc) is 2.47. The van der Waals surface area contributed by atoms with E-state index >= 15 is 0 Å². The van der Waals surface area contributed by atoms with Gasteiger partial charge in [0.05, 0.1) is 12.7 Å². The first kappa shape index (κ1) is 14.5. The Bertz CT molecular complexity index is 349. The summed E-state index contributed by atoms with van der Waals surface area (Å²) in [6, 6.07) is 9.90. The Morgan fingerprint density at radius 3 is 2.84 bits per heavy atom. The number of aliphatic hydroxyl groups is 1. The molecule has 19 heavy (non-hydrogen) atoms. The third-order valence-corrected chi connectivity index (χ3v) is 3.79. The molecule has 1 aliphatic rings. The average molecular weight is 263 g/mol. The zero-order valence-electron chi connectivity index (χ0n) is 11.8. The molecule has 1 aliphatic heterocycles. The first-order valence-electron chi connectivity index (χ1n) is 7.25. The fourth-order valence-corrected chi connectivity index (χ4v) is 2.67. The minimum absolute atomic E-state index is 0.355. The molecule has 3 heteroatoms. The van der Waals surface area contributed by atoms with Gasteiger partial charge in [0.1, 0.15) is 0 Å². The SMILES string of the molecule is CN(CCC(O)c1ccccc1)CC1CCCOC1. The number of hydrogen-bond acceptors (Lipinski definition) is 3. The van der Waals surface area contributed by atoms with Gasteiger partial charge < -0.3 is 14.7 Å². The maximum Gasteiger partial charge on any atom is 0.0802 e. The molecular weight excluding hydrogens is 238 g/mol. The highest BCUT2D eigenvalue weighted by atomic mass is 16.5. The summed E-state index contributed by atoms with van der Waals surface area (Å²) < 4.78 is 5.50. The van der Waals surface area contributed by atoms with Crippen molar-refractivity contribution in [1.29, 1.82) is 0 Å². The molecule has 1 heterocycles. The van der Waals surface area contributed by atoms with Crippen LogP contribution in [0.5, 0.6) is 0 Å². The van der Waals surface area contributed by atoms with E-state index in [-0.39, 0.29) is 6.10 Å². The van der Waals surface area contributed by atoms with E-state index in [9.17, 15) is 5.11 Å². The van der Waals surface area contributed by atoms with E-state index in [1.54, 1.807) is 0 Å². The van der Waals surface area contributed by atoms with Crippen molar-refractivity contribution < 1.29 is 9.84 Å². The molecule has 1 fully saturated rings. The lowest BCUT2D eigenvalue weighted by Gasteiger charge is -2.27. The molecule has 1 aromatic rings. The molecule has 0 aliphatic carbocycles. The van der Waals surface area contributed by atoms with Crippen LogP contribution in [0.15, 0.2) is 30.3 Å². The number of rotatable bonds is 6. The summed E-state index contributed by atoms with van der Waals surface area (Å²) in [6.45, 7) is 3.81. The van der Waals surface area contributed by atoms with Crippen molar-refractivity contribution in [2.24, 2.45) is 5.92 Å². The van der Waals surface area contributed by atoms with E-state index in [1.165, 1.54) is 12.8 Å². The molecular formula is C16H25NO2. The molecule has 2 unspecified atom stereocenters. The first-order valence-corrected chi connectivity index (χ1v) is 7.25. The second-order valence-electron chi connectivity index (χ2n) is 5.56. The molecule has 3 nitrogen and oxygen atoms in total. The van der Waals surface area contributed by atoms with Gasteiger partial charge in [0, 0.05) is 19.7 Å². The van der Waals surface area contributed by atoms with Gasteiger partial charge in [-0.1, -0.05) is 30.3 Å². The lowest BCUT2D eigenvalue weighted by Crippen LogP contribution is -2.32. The summed E-state index contributed by atoms with van der Waals surface area (Å²) in [5.74, 6) is 0.660. The molecule has 0 bridgehead atoms. The number of benzene rings is 1. The topological polar surface area (TPSA) is 32.7 Å². The van der Waals surface area contributed by atoms with Gasteiger partial charge in [-0.3, -0.25) is 0 Å². The van der Waals surface area contributed by atoms with Crippen LogP contribution in [0.2, 0.25) is 0 Å². The molecule has 1 aromatic carbocycles. The fourth-order valence-electron chi connectivity index (χ4n) is 2.67. The third-order valence-electron chi connectivity index (χ3n) is 3.79. The van der Waals surface area contributed by atoms with Crippen molar-refractivity contribution in [3.05, 3.63) is 35.9 Å². The van der Waals surface area contributed by atoms with E-state index in [2.05, 4.69) is 11.9 Å².